The first kappa shape index (κ1) is 23.4. The van der Waals surface area contributed by atoms with Crippen molar-refractivity contribution in [1.29, 1.82) is 0 Å². The quantitative estimate of drug-likeness (QED) is 0.292. The molecule has 4 aromatic rings. The number of rotatable bonds is 7. The summed E-state index contributed by atoms with van der Waals surface area (Å²) in [6.07, 6.45) is 1.72. The van der Waals surface area contributed by atoms with Gasteiger partial charge in [-0.2, -0.15) is 0 Å². The molecule has 2 aromatic heterocycles. The number of carbonyl (C=O) groups excluding carboxylic acids is 2. The standard InChI is InChI=1S/C26H25N5O2S/c1-16-11-12-23(17(2)14-16)31-24(22-10-5-6-13-27-22)29-30-26(31)34-19(4)25(33)28-21-9-7-8-20(15-21)18(3)32/h5-15,19H,1-4H3,(H,28,33). The van der Waals surface area contributed by atoms with Gasteiger partial charge in [-0.3, -0.25) is 19.1 Å². The van der Waals surface area contributed by atoms with Crippen molar-refractivity contribution < 1.29 is 9.59 Å². The smallest absolute Gasteiger partial charge is 0.237 e. The van der Waals surface area contributed by atoms with Crippen LogP contribution in [0.15, 0.2) is 72.0 Å². The molecular weight excluding hydrogens is 446 g/mol. The largest absolute Gasteiger partial charge is 0.325 e. The van der Waals surface area contributed by atoms with E-state index in [0.717, 1.165) is 16.8 Å². The molecule has 0 aliphatic carbocycles. The number of aromatic nitrogens is 4. The lowest BCUT2D eigenvalue weighted by Gasteiger charge is -2.16. The summed E-state index contributed by atoms with van der Waals surface area (Å²) in [5.74, 6) is 0.360. The highest BCUT2D eigenvalue weighted by Crippen LogP contribution is 2.31. The van der Waals surface area contributed by atoms with E-state index in [-0.39, 0.29) is 11.7 Å². The summed E-state index contributed by atoms with van der Waals surface area (Å²) in [6.45, 7) is 7.40. The molecule has 0 bridgehead atoms. The molecule has 1 amide bonds. The molecular formula is C26H25N5O2S. The van der Waals surface area contributed by atoms with Gasteiger partial charge in [-0.1, -0.05) is 47.7 Å². The molecule has 1 unspecified atom stereocenters. The van der Waals surface area contributed by atoms with E-state index in [9.17, 15) is 9.59 Å². The van der Waals surface area contributed by atoms with Crippen LogP contribution in [0, 0.1) is 13.8 Å². The van der Waals surface area contributed by atoms with Gasteiger partial charge < -0.3 is 5.32 Å². The van der Waals surface area contributed by atoms with Gasteiger partial charge in [0.25, 0.3) is 0 Å². The van der Waals surface area contributed by atoms with Gasteiger partial charge in [0.1, 0.15) is 5.69 Å². The highest BCUT2D eigenvalue weighted by Gasteiger charge is 2.23. The molecule has 34 heavy (non-hydrogen) atoms. The minimum atomic E-state index is -0.466. The number of nitrogens with one attached hydrogen (secondary N) is 1. The maximum Gasteiger partial charge on any atom is 0.237 e. The maximum absolute atomic E-state index is 12.9. The fourth-order valence-electron chi connectivity index (χ4n) is 3.55. The van der Waals surface area contributed by atoms with Crippen LogP contribution >= 0.6 is 11.8 Å². The van der Waals surface area contributed by atoms with Gasteiger partial charge in [0.15, 0.2) is 16.8 Å². The average Bonchev–Trinajstić information content (AvgIpc) is 3.23. The molecule has 4 rings (SSSR count). The molecule has 0 saturated carbocycles. The monoisotopic (exact) mass is 471 g/mol. The summed E-state index contributed by atoms with van der Waals surface area (Å²) in [7, 11) is 0. The van der Waals surface area contributed by atoms with Crippen molar-refractivity contribution in [3.05, 3.63) is 83.6 Å². The van der Waals surface area contributed by atoms with Crippen LogP contribution in [0.5, 0.6) is 0 Å². The van der Waals surface area contributed by atoms with E-state index in [1.54, 1.807) is 30.5 Å². The Morgan fingerprint density at radius 1 is 1.00 bits per heavy atom. The van der Waals surface area contributed by atoms with Gasteiger partial charge in [-0.25, -0.2) is 0 Å². The van der Waals surface area contributed by atoms with Crippen LogP contribution in [-0.2, 0) is 4.79 Å². The van der Waals surface area contributed by atoms with Gasteiger partial charge in [0.2, 0.25) is 5.91 Å². The van der Waals surface area contributed by atoms with Crippen LogP contribution in [0.3, 0.4) is 0 Å². The summed E-state index contributed by atoms with van der Waals surface area (Å²) in [4.78, 5) is 29.1. The molecule has 0 aliphatic rings. The number of ketones is 1. The van der Waals surface area contributed by atoms with Gasteiger partial charge in [-0.05, 0) is 63.6 Å². The van der Waals surface area contributed by atoms with E-state index in [2.05, 4.69) is 26.6 Å². The third-order valence-corrected chi connectivity index (χ3v) is 6.35. The van der Waals surface area contributed by atoms with Crippen molar-refractivity contribution in [3.8, 4) is 17.2 Å². The molecule has 8 heteroatoms. The lowest BCUT2D eigenvalue weighted by molar-refractivity contribution is -0.115. The van der Waals surface area contributed by atoms with Crippen LogP contribution in [0.25, 0.3) is 17.2 Å². The normalized spacial score (nSPS) is 11.8. The van der Waals surface area contributed by atoms with Crippen LogP contribution in [-0.4, -0.2) is 36.7 Å². The minimum Gasteiger partial charge on any atom is -0.325 e. The highest BCUT2D eigenvalue weighted by molar-refractivity contribution is 8.00. The summed E-state index contributed by atoms with van der Waals surface area (Å²) < 4.78 is 1.95. The average molecular weight is 472 g/mol. The third kappa shape index (κ3) is 5.07. The first-order valence-electron chi connectivity index (χ1n) is 10.9. The van der Waals surface area contributed by atoms with Gasteiger partial charge in [0, 0.05) is 17.4 Å². The number of carbonyl (C=O) groups is 2. The number of Topliss-reactive ketones (excluding diaryl/α,β-unsaturated/α-hetero) is 1. The number of aryl methyl sites for hydroxylation is 2. The third-order valence-electron chi connectivity index (χ3n) is 5.31. The van der Waals surface area contributed by atoms with Crippen LogP contribution in [0.4, 0.5) is 5.69 Å². The first-order valence-corrected chi connectivity index (χ1v) is 11.7. The molecule has 0 spiro atoms. The molecule has 7 nitrogen and oxygen atoms in total. The van der Waals surface area contributed by atoms with E-state index in [1.165, 1.54) is 18.7 Å². The van der Waals surface area contributed by atoms with Crippen molar-refractivity contribution in [2.24, 2.45) is 0 Å². The lowest BCUT2D eigenvalue weighted by atomic mass is 10.1. The Bertz CT molecular complexity index is 1350. The lowest BCUT2D eigenvalue weighted by Crippen LogP contribution is -2.23. The molecule has 1 atom stereocenters. The van der Waals surface area contributed by atoms with Crippen LogP contribution in [0.1, 0.15) is 35.3 Å². The second kappa shape index (κ2) is 10.0. The van der Waals surface area contributed by atoms with Crippen molar-refractivity contribution >= 4 is 29.1 Å². The van der Waals surface area contributed by atoms with Crippen molar-refractivity contribution in [2.45, 2.75) is 38.1 Å². The van der Waals surface area contributed by atoms with Gasteiger partial charge in [0.05, 0.1) is 10.9 Å². The van der Waals surface area contributed by atoms with E-state index >= 15 is 0 Å². The Kier molecular flexibility index (Phi) is 6.88. The predicted molar refractivity (Wildman–Crippen MR) is 134 cm³/mol. The molecule has 0 radical (unpaired) electrons. The molecule has 0 saturated heterocycles. The first-order chi connectivity index (χ1) is 16.3. The Balaban J connectivity index is 1.65. The number of hydrogen-bond acceptors (Lipinski definition) is 6. The van der Waals surface area contributed by atoms with Crippen molar-refractivity contribution in [3.63, 3.8) is 0 Å². The Labute approximate surface area is 202 Å². The van der Waals surface area contributed by atoms with Crippen LogP contribution < -0.4 is 5.32 Å². The van der Waals surface area contributed by atoms with Crippen molar-refractivity contribution in [1.82, 2.24) is 19.7 Å². The summed E-state index contributed by atoms with van der Waals surface area (Å²) in [6, 6.07) is 18.7. The van der Waals surface area contributed by atoms with E-state index in [1.807, 2.05) is 55.7 Å². The molecule has 2 heterocycles. The molecule has 0 fully saturated rings. The summed E-state index contributed by atoms with van der Waals surface area (Å²) in [5, 5.41) is 11.8. The second-order valence-electron chi connectivity index (χ2n) is 8.03. The number of hydrogen-bond donors (Lipinski definition) is 1. The number of thioether (sulfide) groups is 1. The van der Waals surface area contributed by atoms with E-state index < -0.39 is 5.25 Å². The minimum absolute atomic E-state index is 0.0536. The van der Waals surface area contributed by atoms with Gasteiger partial charge >= 0.3 is 0 Å². The van der Waals surface area contributed by atoms with E-state index in [0.29, 0.717) is 27.9 Å². The Morgan fingerprint density at radius 2 is 1.82 bits per heavy atom. The molecule has 1 N–H and O–H groups in total. The van der Waals surface area contributed by atoms with E-state index in [4.69, 9.17) is 0 Å². The summed E-state index contributed by atoms with van der Waals surface area (Å²) in [5.41, 5.74) is 4.98. The molecule has 0 aliphatic heterocycles. The predicted octanol–water partition coefficient (Wildman–Crippen LogP) is 5.27. The Hall–Kier alpha value is -3.78. The Morgan fingerprint density at radius 3 is 2.53 bits per heavy atom. The number of pyridine rings is 1. The number of benzene rings is 2. The molecule has 2 aromatic carbocycles. The topological polar surface area (TPSA) is 89.8 Å². The highest BCUT2D eigenvalue weighted by atomic mass is 32.2. The maximum atomic E-state index is 12.9. The fourth-order valence-corrected chi connectivity index (χ4v) is 4.41. The number of nitrogens with zero attached hydrogens (tertiary/aromatic N) is 4. The van der Waals surface area contributed by atoms with Gasteiger partial charge in [-0.15, -0.1) is 10.2 Å². The zero-order valence-electron chi connectivity index (χ0n) is 19.4. The molecule has 172 valence electrons. The fraction of sp³-hybridized carbons (Fsp3) is 0.192. The zero-order valence-corrected chi connectivity index (χ0v) is 20.3. The van der Waals surface area contributed by atoms with Crippen molar-refractivity contribution in [2.75, 3.05) is 5.32 Å². The van der Waals surface area contributed by atoms with Crippen LogP contribution in [0.2, 0.25) is 0 Å². The number of amides is 1. The second-order valence-corrected chi connectivity index (χ2v) is 9.34. The SMILES string of the molecule is CC(=O)c1cccc(NC(=O)C(C)Sc2nnc(-c3ccccn3)n2-c2ccc(C)cc2C)c1. The summed E-state index contributed by atoms with van der Waals surface area (Å²) >= 11 is 1.31. The zero-order chi connectivity index (χ0) is 24.2. The number of anilines is 1.